The summed E-state index contributed by atoms with van der Waals surface area (Å²) < 4.78 is 55.1. The van der Waals surface area contributed by atoms with E-state index in [0.29, 0.717) is 32.0 Å². The lowest BCUT2D eigenvalue weighted by atomic mass is 9.95. The number of rotatable bonds is 7. The molecule has 1 aliphatic heterocycles. The summed E-state index contributed by atoms with van der Waals surface area (Å²) in [4.78, 5) is 30.4. The summed E-state index contributed by atoms with van der Waals surface area (Å²) in [7, 11) is 0. The van der Waals surface area contributed by atoms with Gasteiger partial charge in [0.25, 0.3) is 5.56 Å². The van der Waals surface area contributed by atoms with Crippen molar-refractivity contribution < 1.29 is 27.4 Å². The highest BCUT2D eigenvalue weighted by atomic mass is 35.5. The normalized spacial score (nSPS) is 15.1. The van der Waals surface area contributed by atoms with Crippen LogP contribution in [0.25, 0.3) is 6.08 Å². The fourth-order valence-electron chi connectivity index (χ4n) is 4.57. The number of hydrogen-bond donors (Lipinski definition) is 0. The van der Waals surface area contributed by atoms with Gasteiger partial charge in [-0.2, -0.15) is 13.2 Å². The van der Waals surface area contributed by atoms with E-state index < -0.39 is 35.0 Å². The summed E-state index contributed by atoms with van der Waals surface area (Å²) in [6.45, 7) is 1.22. The molecule has 0 bridgehead atoms. The molecule has 1 aromatic heterocycles. The summed E-state index contributed by atoms with van der Waals surface area (Å²) in [5.74, 6) is -1.13. The van der Waals surface area contributed by atoms with Crippen molar-refractivity contribution in [2.45, 2.75) is 25.7 Å². The number of esters is 1. The van der Waals surface area contributed by atoms with Crippen LogP contribution in [0.3, 0.4) is 0 Å². The summed E-state index contributed by atoms with van der Waals surface area (Å²) in [5.41, 5.74) is -2.01. The molecule has 0 saturated heterocycles. The molecule has 1 atom stereocenters. The number of fused-ring (bicyclic) bond motifs is 1. The Bertz CT molecular complexity index is 2030. The van der Waals surface area contributed by atoms with E-state index in [2.05, 4.69) is 4.99 Å². The largest absolute Gasteiger partial charge is 0.487 e. The zero-order chi connectivity index (χ0) is 32.6. The number of carbonyl (C=O) groups excluding carboxylic acids is 1. The molecular formula is C30H18Cl5F3N2O4S. The predicted octanol–water partition coefficient (Wildman–Crippen LogP) is 8.19. The SMILES string of the molecule is CCOC(=O)C1=C(C(F)(F)F)N=c2s/c(=C\c3cc(Cl)cc(Cl)c3OCc3ccc(Cl)cc3Cl)c(=O)n2[C@@H]1c1ccc(Cl)cc1. The summed E-state index contributed by atoms with van der Waals surface area (Å²) in [6.07, 6.45) is -3.67. The Hall–Kier alpha value is -2.99. The van der Waals surface area contributed by atoms with E-state index in [4.69, 9.17) is 67.5 Å². The van der Waals surface area contributed by atoms with Crippen molar-refractivity contribution in [2.75, 3.05) is 6.61 Å². The van der Waals surface area contributed by atoms with Crippen molar-refractivity contribution >= 4 is 81.4 Å². The van der Waals surface area contributed by atoms with E-state index in [1.54, 1.807) is 18.2 Å². The maximum Gasteiger partial charge on any atom is 0.434 e. The molecule has 3 aromatic carbocycles. The number of aromatic nitrogens is 1. The molecule has 15 heteroatoms. The minimum absolute atomic E-state index is 0.0339. The van der Waals surface area contributed by atoms with E-state index in [9.17, 15) is 22.8 Å². The number of thiazole rings is 1. The molecular weight excluding hydrogens is 719 g/mol. The molecule has 0 radical (unpaired) electrons. The summed E-state index contributed by atoms with van der Waals surface area (Å²) in [6, 6.07) is 12.0. The lowest BCUT2D eigenvalue weighted by molar-refractivity contribution is -0.140. The monoisotopic (exact) mass is 734 g/mol. The number of halogens is 8. The van der Waals surface area contributed by atoms with Crippen molar-refractivity contribution in [3.05, 3.63) is 127 Å². The van der Waals surface area contributed by atoms with Crippen molar-refractivity contribution in [1.29, 1.82) is 0 Å². The standard InChI is InChI=1S/C30H18Cl5F3N2O4S/c1-2-43-28(42)23-24(14-3-6-17(31)7-4-14)40-27(41)22(45-29(40)39-26(23)30(36,37)38)10-16-9-19(33)12-21(35)25(16)44-13-15-5-8-18(32)11-20(15)34/h3-12,24H,2,13H2,1H3/b22-10-/t24-/m1/s1. The second kappa shape index (κ2) is 13.4. The van der Waals surface area contributed by atoms with Crippen LogP contribution in [0, 0.1) is 0 Å². The number of hydrogen-bond acceptors (Lipinski definition) is 6. The van der Waals surface area contributed by atoms with Gasteiger partial charge >= 0.3 is 12.1 Å². The van der Waals surface area contributed by atoms with Crippen LogP contribution >= 0.6 is 69.3 Å². The van der Waals surface area contributed by atoms with Gasteiger partial charge in [-0.25, -0.2) is 9.79 Å². The Morgan fingerprint density at radius 1 is 0.978 bits per heavy atom. The third-order valence-corrected chi connectivity index (χ3v) is 8.81. The first kappa shape index (κ1) is 33.4. The molecule has 5 rings (SSSR count). The molecule has 0 saturated carbocycles. The Morgan fingerprint density at radius 3 is 2.29 bits per heavy atom. The first-order chi connectivity index (χ1) is 21.3. The second-order valence-electron chi connectivity index (χ2n) is 9.45. The quantitative estimate of drug-likeness (QED) is 0.180. The molecule has 0 fully saturated rings. The van der Waals surface area contributed by atoms with Crippen LogP contribution in [0.1, 0.15) is 29.7 Å². The predicted molar refractivity (Wildman–Crippen MR) is 169 cm³/mol. The van der Waals surface area contributed by atoms with Crippen LogP contribution < -0.4 is 19.6 Å². The fraction of sp³-hybridized carbons (Fsp3) is 0.167. The first-order valence-electron chi connectivity index (χ1n) is 12.9. The zero-order valence-corrected chi connectivity index (χ0v) is 27.3. The molecule has 234 valence electrons. The number of benzene rings is 3. The van der Waals surface area contributed by atoms with Crippen molar-refractivity contribution in [1.82, 2.24) is 4.57 Å². The van der Waals surface area contributed by atoms with Crippen molar-refractivity contribution in [3.8, 4) is 5.75 Å². The molecule has 0 aliphatic carbocycles. The fourth-order valence-corrected chi connectivity index (χ4v) is 6.72. The van der Waals surface area contributed by atoms with E-state index in [1.165, 1.54) is 49.4 Å². The van der Waals surface area contributed by atoms with Crippen LogP contribution in [-0.4, -0.2) is 23.3 Å². The molecule has 0 spiro atoms. The van der Waals surface area contributed by atoms with Crippen molar-refractivity contribution in [2.24, 2.45) is 4.99 Å². The van der Waals surface area contributed by atoms with Crippen molar-refractivity contribution in [3.63, 3.8) is 0 Å². The molecule has 0 amide bonds. The van der Waals surface area contributed by atoms with Gasteiger partial charge in [0.2, 0.25) is 0 Å². The highest BCUT2D eigenvalue weighted by Gasteiger charge is 2.45. The second-order valence-corrected chi connectivity index (χ2v) is 12.6. The van der Waals surface area contributed by atoms with Crippen LogP contribution in [0.5, 0.6) is 5.75 Å². The van der Waals surface area contributed by atoms with E-state index >= 15 is 0 Å². The molecule has 0 unspecified atom stereocenters. The van der Waals surface area contributed by atoms with Gasteiger partial charge in [-0.15, -0.1) is 0 Å². The van der Waals surface area contributed by atoms with Crippen LogP contribution in [-0.2, 0) is 16.1 Å². The highest BCUT2D eigenvalue weighted by molar-refractivity contribution is 7.07. The average molecular weight is 737 g/mol. The number of alkyl halides is 3. The van der Waals surface area contributed by atoms with Crippen LogP contribution in [0.2, 0.25) is 25.1 Å². The molecule has 6 nitrogen and oxygen atoms in total. The van der Waals surface area contributed by atoms with Crippen LogP contribution in [0.15, 0.2) is 75.7 Å². The smallest absolute Gasteiger partial charge is 0.434 e. The lowest BCUT2D eigenvalue weighted by Gasteiger charge is -2.26. The molecule has 4 aromatic rings. The van der Waals surface area contributed by atoms with Gasteiger partial charge in [-0.05, 0) is 55.0 Å². The Kier molecular flexibility index (Phi) is 9.93. The van der Waals surface area contributed by atoms with Gasteiger partial charge in [0.05, 0.1) is 27.8 Å². The summed E-state index contributed by atoms with van der Waals surface area (Å²) in [5, 5.41) is 1.39. The number of carbonyl (C=O) groups is 1. The van der Waals surface area contributed by atoms with Gasteiger partial charge in [-0.3, -0.25) is 9.36 Å². The third kappa shape index (κ3) is 7.06. The number of allylic oxidation sites excluding steroid dienone is 1. The Labute approximate surface area is 282 Å². The van der Waals surface area contributed by atoms with Gasteiger partial charge in [0.1, 0.15) is 12.4 Å². The Balaban J connectivity index is 1.71. The first-order valence-corrected chi connectivity index (χ1v) is 15.6. The van der Waals surface area contributed by atoms with Gasteiger partial charge in [-0.1, -0.05) is 87.5 Å². The maximum atomic E-state index is 14.4. The number of nitrogens with zero attached hydrogens (tertiary/aromatic N) is 2. The maximum absolute atomic E-state index is 14.4. The highest BCUT2D eigenvalue weighted by Crippen LogP contribution is 2.39. The van der Waals surface area contributed by atoms with Gasteiger partial charge in [0.15, 0.2) is 10.5 Å². The zero-order valence-electron chi connectivity index (χ0n) is 22.7. The molecule has 1 aliphatic rings. The lowest BCUT2D eigenvalue weighted by Crippen LogP contribution is -2.41. The minimum Gasteiger partial charge on any atom is -0.487 e. The molecule has 0 N–H and O–H groups in total. The molecule has 2 heterocycles. The third-order valence-electron chi connectivity index (χ3n) is 6.49. The van der Waals surface area contributed by atoms with E-state index in [0.717, 1.165) is 4.57 Å². The van der Waals surface area contributed by atoms with Gasteiger partial charge < -0.3 is 9.47 Å². The number of ether oxygens (including phenoxy) is 2. The summed E-state index contributed by atoms with van der Waals surface area (Å²) >= 11 is 31.7. The van der Waals surface area contributed by atoms with E-state index in [1.807, 2.05) is 0 Å². The topological polar surface area (TPSA) is 69.9 Å². The molecule has 45 heavy (non-hydrogen) atoms. The van der Waals surface area contributed by atoms with Crippen LogP contribution in [0.4, 0.5) is 13.2 Å². The Morgan fingerprint density at radius 2 is 1.64 bits per heavy atom. The average Bonchev–Trinajstić information content (AvgIpc) is 3.27. The van der Waals surface area contributed by atoms with E-state index in [-0.39, 0.29) is 49.5 Å². The minimum atomic E-state index is -5.05. The van der Waals surface area contributed by atoms with Gasteiger partial charge in [0, 0.05) is 31.2 Å².